The van der Waals surface area contributed by atoms with Gasteiger partial charge < -0.3 is 14.3 Å². The molecule has 0 radical (unpaired) electrons. The minimum absolute atomic E-state index is 0.113. The molecular formula is C15H21NO4. The molecule has 1 aromatic heterocycles. The third-order valence-corrected chi connectivity index (χ3v) is 2.84. The smallest absolute Gasteiger partial charge is 0.308 e. The fourth-order valence-corrected chi connectivity index (χ4v) is 1.64. The number of hydrogen-bond acceptors (Lipinski definition) is 5. The number of rotatable bonds is 9. The molecule has 5 heteroatoms. The fourth-order valence-electron chi connectivity index (χ4n) is 1.64. The fraction of sp³-hybridized carbons (Fsp3) is 0.533. The first kappa shape index (κ1) is 16.1. The summed E-state index contributed by atoms with van der Waals surface area (Å²) in [5.41, 5.74) is 1.05. The number of carbonyl (C=O) groups is 2. The molecule has 0 aliphatic carbocycles. The van der Waals surface area contributed by atoms with Crippen LogP contribution in [0.4, 0.5) is 0 Å². The van der Waals surface area contributed by atoms with Crippen LogP contribution >= 0.6 is 0 Å². The van der Waals surface area contributed by atoms with Gasteiger partial charge in [-0.2, -0.15) is 0 Å². The maximum absolute atomic E-state index is 11.5. The monoisotopic (exact) mass is 279 g/mol. The van der Waals surface area contributed by atoms with Crippen molar-refractivity contribution in [3.63, 3.8) is 0 Å². The largest absolute Gasteiger partial charge is 0.477 e. The van der Waals surface area contributed by atoms with Gasteiger partial charge in [0.15, 0.2) is 0 Å². The standard InChI is InChI=1S/C15H21NO4/c1-3-19-15(18)12(2)5-6-13-7-8-14(16-11-13)20-10-4-9-17/h7-9,11-12H,3-6,10H2,1-2H3. The van der Waals surface area contributed by atoms with Crippen molar-refractivity contribution >= 4 is 12.3 Å². The van der Waals surface area contributed by atoms with Gasteiger partial charge in [0.2, 0.25) is 5.88 Å². The van der Waals surface area contributed by atoms with Gasteiger partial charge in [0.25, 0.3) is 0 Å². The van der Waals surface area contributed by atoms with Crippen LogP contribution in [0, 0.1) is 5.92 Å². The molecule has 0 aliphatic rings. The first-order chi connectivity index (χ1) is 9.67. The predicted molar refractivity (Wildman–Crippen MR) is 74.5 cm³/mol. The Labute approximate surface area is 119 Å². The summed E-state index contributed by atoms with van der Waals surface area (Å²) in [7, 11) is 0. The number of carbonyl (C=O) groups excluding carboxylic acids is 2. The van der Waals surface area contributed by atoms with E-state index >= 15 is 0 Å². The van der Waals surface area contributed by atoms with Crippen LogP contribution in [0.1, 0.15) is 32.3 Å². The number of pyridine rings is 1. The molecule has 0 aromatic carbocycles. The van der Waals surface area contributed by atoms with Gasteiger partial charge in [0, 0.05) is 18.7 Å². The molecule has 5 nitrogen and oxygen atoms in total. The number of ether oxygens (including phenoxy) is 2. The Morgan fingerprint density at radius 3 is 2.85 bits per heavy atom. The maximum atomic E-state index is 11.5. The average molecular weight is 279 g/mol. The van der Waals surface area contributed by atoms with Crippen LogP contribution in [0.5, 0.6) is 5.88 Å². The van der Waals surface area contributed by atoms with Crippen molar-refractivity contribution in [2.75, 3.05) is 13.2 Å². The third kappa shape index (κ3) is 5.82. The van der Waals surface area contributed by atoms with Crippen molar-refractivity contribution in [3.05, 3.63) is 23.9 Å². The summed E-state index contributed by atoms with van der Waals surface area (Å²) in [6.45, 7) is 4.42. The Morgan fingerprint density at radius 2 is 2.25 bits per heavy atom. The third-order valence-electron chi connectivity index (χ3n) is 2.84. The zero-order valence-electron chi connectivity index (χ0n) is 12.0. The highest BCUT2D eigenvalue weighted by Gasteiger charge is 2.13. The van der Waals surface area contributed by atoms with E-state index in [1.54, 1.807) is 19.2 Å². The molecule has 0 saturated heterocycles. The molecule has 0 saturated carbocycles. The summed E-state index contributed by atoms with van der Waals surface area (Å²) in [5, 5.41) is 0. The maximum Gasteiger partial charge on any atom is 0.308 e. The Kier molecular flexibility index (Phi) is 7.32. The average Bonchev–Trinajstić information content (AvgIpc) is 2.46. The Bertz CT molecular complexity index is 416. The first-order valence-corrected chi connectivity index (χ1v) is 6.85. The van der Waals surface area contributed by atoms with Crippen LogP contribution in [0.25, 0.3) is 0 Å². The van der Waals surface area contributed by atoms with Gasteiger partial charge in [0.05, 0.1) is 19.1 Å². The second kappa shape index (κ2) is 9.07. The van der Waals surface area contributed by atoms with E-state index < -0.39 is 0 Å². The summed E-state index contributed by atoms with van der Waals surface area (Å²) < 4.78 is 10.2. The van der Waals surface area contributed by atoms with Crippen molar-refractivity contribution in [2.45, 2.75) is 33.1 Å². The van der Waals surface area contributed by atoms with Gasteiger partial charge in [-0.05, 0) is 25.3 Å². The Morgan fingerprint density at radius 1 is 1.45 bits per heavy atom. The van der Waals surface area contributed by atoms with Crippen molar-refractivity contribution < 1.29 is 19.1 Å². The number of aryl methyl sites for hydroxylation is 1. The highest BCUT2D eigenvalue weighted by molar-refractivity contribution is 5.71. The number of aromatic nitrogens is 1. The van der Waals surface area contributed by atoms with E-state index in [4.69, 9.17) is 9.47 Å². The van der Waals surface area contributed by atoms with E-state index in [0.29, 0.717) is 25.5 Å². The minimum Gasteiger partial charge on any atom is -0.477 e. The highest BCUT2D eigenvalue weighted by Crippen LogP contribution is 2.13. The molecule has 1 aromatic rings. The second-order valence-corrected chi connectivity index (χ2v) is 4.50. The Balaban J connectivity index is 2.37. The molecule has 1 atom stereocenters. The summed E-state index contributed by atoms with van der Waals surface area (Å²) in [6, 6.07) is 3.69. The van der Waals surface area contributed by atoms with Crippen molar-refractivity contribution in [1.82, 2.24) is 4.98 Å². The molecule has 0 amide bonds. The van der Waals surface area contributed by atoms with Crippen LogP contribution in [-0.2, 0) is 20.7 Å². The molecule has 0 N–H and O–H groups in total. The molecule has 0 spiro atoms. The lowest BCUT2D eigenvalue weighted by Crippen LogP contribution is -2.15. The molecule has 1 heterocycles. The van der Waals surface area contributed by atoms with Gasteiger partial charge in [-0.25, -0.2) is 4.98 Å². The van der Waals surface area contributed by atoms with Crippen molar-refractivity contribution in [1.29, 1.82) is 0 Å². The summed E-state index contributed by atoms with van der Waals surface area (Å²) in [6.07, 6.45) is 4.40. The number of esters is 1. The van der Waals surface area contributed by atoms with Crippen LogP contribution < -0.4 is 4.74 Å². The minimum atomic E-state index is -0.158. The van der Waals surface area contributed by atoms with Crippen LogP contribution in [0.2, 0.25) is 0 Å². The van der Waals surface area contributed by atoms with E-state index in [1.165, 1.54) is 0 Å². The predicted octanol–water partition coefficient (Wildman–Crippen LogP) is 2.18. The van der Waals surface area contributed by atoms with Gasteiger partial charge >= 0.3 is 5.97 Å². The molecule has 1 rings (SSSR count). The van der Waals surface area contributed by atoms with Crippen molar-refractivity contribution in [3.8, 4) is 5.88 Å². The van der Waals surface area contributed by atoms with Gasteiger partial charge in [-0.3, -0.25) is 4.79 Å². The van der Waals surface area contributed by atoms with Gasteiger partial charge in [-0.15, -0.1) is 0 Å². The molecule has 0 bridgehead atoms. The molecule has 110 valence electrons. The van der Waals surface area contributed by atoms with Gasteiger partial charge in [-0.1, -0.05) is 13.0 Å². The van der Waals surface area contributed by atoms with Gasteiger partial charge in [0.1, 0.15) is 6.29 Å². The molecule has 1 unspecified atom stereocenters. The zero-order chi connectivity index (χ0) is 14.8. The lowest BCUT2D eigenvalue weighted by Gasteiger charge is -2.10. The zero-order valence-corrected chi connectivity index (χ0v) is 12.0. The Hall–Kier alpha value is -1.91. The van der Waals surface area contributed by atoms with E-state index in [2.05, 4.69) is 4.98 Å². The number of nitrogens with zero attached hydrogens (tertiary/aromatic N) is 1. The quantitative estimate of drug-likeness (QED) is 0.394. The van der Waals surface area contributed by atoms with Crippen molar-refractivity contribution in [2.24, 2.45) is 5.92 Å². The number of hydrogen-bond donors (Lipinski definition) is 0. The lowest BCUT2D eigenvalue weighted by molar-refractivity contribution is -0.147. The first-order valence-electron chi connectivity index (χ1n) is 6.85. The lowest BCUT2D eigenvalue weighted by atomic mass is 10.0. The van der Waals surface area contributed by atoms with E-state index in [9.17, 15) is 9.59 Å². The highest BCUT2D eigenvalue weighted by atomic mass is 16.5. The van der Waals surface area contributed by atoms with E-state index in [0.717, 1.165) is 24.7 Å². The summed E-state index contributed by atoms with van der Waals surface area (Å²) in [5.74, 6) is 0.238. The normalized spacial score (nSPS) is 11.7. The molecular weight excluding hydrogens is 258 g/mol. The van der Waals surface area contributed by atoms with E-state index in [1.807, 2.05) is 13.0 Å². The molecule has 0 fully saturated rings. The summed E-state index contributed by atoms with van der Waals surface area (Å²) >= 11 is 0. The molecule has 20 heavy (non-hydrogen) atoms. The van der Waals surface area contributed by atoms with E-state index in [-0.39, 0.29) is 11.9 Å². The van der Waals surface area contributed by atoms with Crippen LogP contribution in [-0.4, -0.2) is 30.5 Å². The SMILES string of the molecule is CCOC(=O)C(C)CCc1ccc(OCCC=O)nc1. The number of aldehydes is 1. The van der Waals surface area contributed by atoms with Crippen LogP contribution in [0.3, 0.4) is 0 Å². The topological polar surface area (TPSA) is 65.5 Å². The second-order valence-electron chi connectivity index (χ2n) is 4.50. The van der Waals surface area contributed by atoms with Crippen LogP contribution in [0.15, 0.2) is 18.3 Å². The summed E-state index contributed by atoms with van der Waals surface area (Å²) in [4.78, 5) is 25.8. The molecule has 0 aliphatic heterocycles.